The number of phenolic OH excluding ortho intramolecular Hbond substituents is 1. The van der Waals surface area contributed by atoms with E-state index in [9.17, 15) is 15.0 Å². The number of ketones is 1. The topological polar surface area (TPSA) is 66.8 Å². The zero-order valence-electron chi connectivity index (χ0n) is 13.2. The Kier molecular flexibility index (Phi) is 7.83. The number of aliphatic hydroxyl groups is 1. The Morgan fingerprint density at radius 2 is 2.05 bits per heavy atom. The molecule has 0 bridgehead atoms. The summed E-state index contributed by atoms with van der Waals surface area (Å²) in [5, 5.41) is 19.3. The van der Waals surface area contributed by atoms with Crippen LogP contribution in [0.3, 0.4) is 0 Å². The Labute approximate surface area is 131 Å². The number of hydrogen-bond donors (Lipinski definition) is 2. The van der Waals surface area contributed by atoms with E-state index in [4.69, 9.17) is 4.74 Å². The SMILES string of the molecule is CCCCCC(=O)C=C(O)C=Cc1ccc(O)c(OCC)c1. The lowest BCUT2D eigenvalue weighted by Crippen LogP contribution is -1.94. The molecule has 0 aliphatic carbocycles. The van der Waals surface area contributed by atoms with Gasteiger partial charge in [-0.2, -0.15) is 0 Å². The lowest BCUT2D eigenvalue weighted by molar-refractivity contribution is -0.114. The number of allylic oxidation sites excluding steroid dienone is 2. The van der Waals surface area contributed by atoms with E-state index in [0.29, 0.717) is 18.8 Å². The maximum Gasteiger partial charge on any atom is 0.161 e. The van der Waals surface area contributed by atoms with E-state index >= 15 is 0 Å². The zero-order chi connectivity index (χ0) is 16.4. The predicted octanol–water partition coefficient (Wildman–Crippen LogP) is 4.40. The molecule has 1 rings (SSSR count). The van der Waals surface area contributed by atoms with Crippen LogP contribution in [0.25, 0.3) is 6.08 Å². The van der Waals surface area contributed by atoms with Crippen molar-refractivity contribution in [1.29, 1.82) is 0 Å². The number of carbonyl (C=O) groups excluding carboxylic acids is 1. The average Bonchev–Trinajstić information content (AvgIpc) is 2.48. The number of rotatable bonds is 9. The van der Waals surface area contributed by atoms with Crippen LogP contribution in [0.5, 0.6) is 11.5 Å². The average molecular weight is 304 g/mol. The van der Waals surface area contributed by atoms with Crippen molar-refractivity contribution in [3.8, 4) is 11.5 Å². The first-order chi connectivity index (χ1) is 10.6. The number of ether oxygens (including phenoxy) is 1. The molecular formula is C18H24O4. The number of phenols is 1. The van der Waals surface area contributed by atoms with Gasteiger partial charge in [0.1, 0.15) is 5.76 Å². The van der Waals surface area contributed by atoms with E-state index < -0.39 is 0 Å². The van der Waals surface area contributed by atoms with Crippen LogP contribution in [0.15, 0.2) is 36.1 Å². The first kappa shape index (κ1) is 17.8. The van der Waals surface area contributed by atoms with Crippen LogP contribution in [0.1, 0.15) is 45.1 Å². The minimum atomic E-state index is -0.0764. The predicted molar refractivity (Wildman–Crippen MR) is 88.2 cm³/mol. The second-order valence-electron chi connectivity index (χ2n) is 4.99. The highest BCUT2D eigenvalue weighted by molar-refractivity contribution is 5.90. The van der Waals surface area contributed by atoms with Crippen LogP contribution in [-0.2, 0) is 4.79 Å². The van der Waals surface area contributed by atoms with Gasteiger partial charge in [0, 0.05) is 12.5 Å². The Morgan fingerprint density at radius 3 is 2.73 bits per heavy atom. The largest absolute Gasteiger partial charge is 0.508 e. The van der Waals surface area contributed by atoms with Crippen LogP contribution in [0.4, 0.5) is 0 Å². The summed E-state index contributed by atoms with van der Waals surface area (Å²) in [6.07, 6.45) is 7.75. The van der Waals surface area contributed by atoms with Gasteiger partial charge >= 0.3 is 0 Å². The van der Waals surface area contributed by atoms with Gasteiger partial charge in [-0.25, -0.2) is 0 Å². The molecule has 0 amide bonds. The Morgan fingerprint density at radius 1 is 1.27 bits per heavy atom. The number of carbonyl (C=O) groups is 1. The van der Waals surface area contributed by atoms with E-state index in [1.165, 1.54) is 18.2 Å². The number of unbranched alkanes of at least 4 members (excludes halogenated alkanes) is 2. The molecule has 0 fully saturated rings. The summed E-state index contributed by atoms with van der Waals surface area (Å²) in [6.45, 7) is 4.37. The lowest BCUT2D eigenvalue weighted by Gasteiger charge is -2.06. The number of benzene rings is 1. The van der Waals surface area contributed by atoms with Gasteiger partial charge in [-0.1, -0.05) is 31.9 Å². The molecule has 1 aromatic rings. The van der Waals surface area contributed by atoms with Gasteiger partial charge in [-0.3, -0.25) is 4.79 Å². The van der Waals surface area contributed by atoms with Crippen molar-refractivity contribution in [1.82, 2.24) is 0 Å². The smallest absolute Gasteiger partial charge is 0.161 e. The van der Waals surface area contributed by atoms with Crippen molar-refractivity contribution in [3.63, 3.8) is 0 Å². The monoisotopic (exact) mass is 304 g/mol. The highest BCUT2D eigenvalue weighted by Gasteiger charge is 2.02. The summed E-state index contributed by atoms with van der Waals surface area (Å²) in [5.41, 5.74) is 0.764. The lowest BCUT2D eigenvalue weighted by atomic mass is 10.1. The summed E-state index contributed by atoms with van der Waals surface area (Å²) in [4.78, 5) is 11.6. The molecule has 120 valence electrons. The van der Waals surface area contributed by atoms with Crippen LogP contribution < -0.4 is 4.74 Å². The second kappa shape index (κ2) is 9.66. The molecule has 0 heterocycles. The molecule has 0 spiro atoms. The molecule has 0 aromatic heterocycles. The molecule has 4 heteroatoms. The summed E-state index contributed by atoms with van der Waals surface area (Å²) in [6, 6.07) is 4.90. The van der Waals surface area contributed by atoms with Crippen molar-refractivity contribution >= 4 is 11.9 Å². The molecule has 0 atom stereocenters. The van der Waals surface area contributed by atoms with Crippen molar-refractivity contribution in [2.75, 3.05) is 6.61 Å². The van der Waals surface area contributed by atoms with Crippen LogP contribution in [0.2, 0.25) is 0 Å². The number of aromatic hydroxyl groups is 1. The number of aliphatic hydroxyl groups excluding tert-OH is 1. The van der Waals surface area contributed by atoms with Gasteiger partial charge in [0.15, 0.2) is 17.3 Å². The Bertz CT molecular complexity index is 544. The summed E-state index contributed by atoms with van der Waals surface area (Å²) in [5.74, 6) is 0.317. The highest BCUT2D eigenvalue weighted by Crippen LogP contribution is 2.27. The molecular weight excluding hydrogens is 280 g/mol. The van der Waals surface area contributed by atoms with Gasteiger partial charge in [0.2, 0.25) is 0 Å². The minimum absolute atomic E-state index is 0.0729. The molecule has 1 aromatic carbocycles. The minimum Gasteiger partial charge on any atom is -0.508 e. The Hall–Kier alpha value is -2.23. The molecule has 22 heavy (non-hydrogen) atoms. The fourth-order valence-corrected chi connectivity index (χ4v) is 1.92. The van der Waals surface area contributed by atoms with Crippen molar-refractivity contribution in [3.05, 3.63) is 41.7 Å². The molecule has 0 unspecified atom stereocenters. The fraction of sp³-hybridized carbons (Fsp3) is 0.389. The molecule has 0 saturated carbocycles. The Balaban J connectivity index is 2.66. The normalized spacial score (nSPS) is 11.8. The van der Waals surface area contributed by atoms with E-state index in [1.807, 2.05) is 6.92 Å². The molecule has 0 radical (unpaired) electrons. The third-order valence-electron chi connectivity index (χ3n) is 3.07. The summed E-state index contributed by atoms with van der Waals surface area (Å²) >= 11 is 0. The third kappa shape index (κ3) is 6.48. The summed E-state index contributed by atoms with van der Waals surface area (Å²) < 4.78 is 5.29. The van der Waals surface area contributed by atoms with Crippen molar-refractivity contribution in [2.24, 2.45) is 0 Å². The fourth-order valence-electron chi connectivity index (χ4n) is 1.92. The first-order valence-corrected chi connectivity index (χ1v) is 7.64. The first-order valence-electron chi connectivity index (χ1n) is 7.64. The maximum absolute atomic E-state index is 11.6. The standard InChI is InChI=1S/C18H24O4/c1-3-5-6-7-15(19)13-16(20)10-8-14-9-11-17(21)18(12-14)22-4-2/h8-13,20-21H,3-7H2,1-2H3. The van der Waals surface area contributed by atoms with Crippen LogP contribution >= 0.6 is 0 Å². The van der Waals surface area contributed by atoms with E-state index in [1.54, 1.807) is 18.2 Å². The second-order valence-corrected chi connectivity index (χ2v) is 4.99. The zero-order valence-corrected chi connectivity index (χ0v) is 13.2. The van der Waals surface area contributed by atoms with Crippen molar-refractivity contribution in [2.45, 2.75) is 39.5 Å². The maximum atomic E-state index is 11.6. The van der Waals surface area contributed by atoms with Crippen molar-refractivity contribution < 1.29 is 19.7 Å². The van der Waals surface area contributed by atoms with E-state index in [2.05, 4.69) is 6.92 Å². The molecule has 4 nitrogen and oxygen atoms in total. The summed E-state index contributed by atoms with van der Waals surface area (Å²) in [7, 11) is 0. The van der Waals surface area contributed by atoms with E-state index in [-0.39, 0.29) is 17.3 Å². The van der Waals surface area contributed by atoms with Gasteiger partial charge < -0.3 is 14.9 Å². The highest BCUT2D eigenvalue weighted by atomic mass is 16.5. The van der Waals surface area contributed by atoms with Gasteiger partial charge in [-0.15, -0.1) is 0 Å². The van der Waals surface area contributed by atoms with Crippen LogP contribution in [-0.4, -0.2) is 22.6 Å². The number of hydrogen-bond acceptors (Lipinski definition) is 4. The van der Waals surface area contributed by atoms with Gasteiger partial charge in [-0.05, 0) is 37.1 Å². The van der Waals surface area contributed by atoms with E-state index in [0.717, 1.165) is 24.8 Å². The van der Waals surface area contributed by atoms with Gasteiger partial charge in [0.05, 0.1) is 6.61 Å². The molecule has 0 aliphatic rings. The van der Waals surface area contributed by atoms with Gasteiger partial charge in [0.25, 0.3) is 0 Å². The molecule has 0 aliphatic heterocycles. The molecule has 2 N–H and O–H groups in total. The quantitative estimate of drug-likeness (QED) is 0.307. The third-order valence-corrected chi connectivity index (χ3v) is 3.07. The van der Waals surface area contributed by atoms with Crippen LogP contribution in [0, 0.1) is 0 Å². The molecule has 0 saturated heterocycles.